The van der Waals surface area contributed by atoms with Crippen molar-refractivity contribution in [1.29, 1.82) is 5.26 Å². The van der Waals surface area contributed by atoms with Gasteiger partial charge in [-0.15, -0.1) is 10.2 Å². The third-order valence-electron chi connectivity index (χ3n) is 2.68. The van der Waals surface area contributed by atoms with Crippen LogP contribution in [-0.4, -0.2) is 16.1 Å². The van der Waals surface area contributed by atoms with Crippen molar-refractivity contribution in [3.63, 3.8) is 0 Å². The van der Waals surface area contributed by atoms with Crippen molar-refractivity contribution in [2.75, 3.05) is 5.32 Å². The van der Waals surface area contributed by atoms with Crippen LogP contribution in [0.5, 0.6) is 0 Å². The molecule has 0 unspecified atom stereocenters. The van der Waals surface area contributed by atoms with Gasteiger partial charge in [0.2, 0.25) is 5.13 Å². The van der Waals surface area contributed by atoms with E-state index in [2.05, 4.69) is 31.4 Å². The lowest BCUT2D eigenvalue weighted by Gasteiger charge is -2.00. The van der Waals surface area contributed by atoms with E-state index in [0.717, 1.165) is 27.9 Å². The van der Waals surface area contributed by atoms with Crippen LogP contribution >= 0.6 is 27.3 Å². The Bertz CT molecular complexity index is 748. The Labute approximate surface area is 140 Å². The molecule has 0 aliphatic carbocycles. The van der Waals surface area contributed by atoms with Crippen LogP contribution in [0.15, 0.2) is 34.3 Å². The maximum absolute atomic E-state index is 12.1. The summed E-state index contributed by atoms with van der Waals surface area (Å²) in [5.41, 5.74) is 0.787. The minimum Gasteiger partial charge on any atom is -0.296 e. The van der Waals surface area contributed by atoms with E-state index in [1.807, 2.05) is 37.3 Å². The van der Waals surface area contributed by atoms with E-state index in [-0.39, 0.29) is 5.57 Å². The van der Waals surface area contributed by atoms with E-state index in [9.17, 15) is 10.1 Å². The number of carbonyl (C=O) groups excluding carboxylic acids is 1. The highest BCUT2D eigenvalue weighted by Gasteiger charge is 2.12. The van der Waals surface area contributed by atoms with Crippen LogP contribution < -0.4 is 5.32 Å². The van der Waals surface area contributed by atoms with Gasteiger partial charge in [0.05, 0.1) is 0 Å². The summed E-state index contributed by atoms with van der Waals surface area (Å²) in [6.07, 6.45) is 3.33. The molecular weight excluding hydrogens is 364 g/mol. The minimum absolute atomic E-state index is 0.0188. The number of anilines is 1. The first kappa shape index (κ1) is 16.3. The van der Waals surface area contributed by atoms with Crippen LogP contribution in [0.3, 0.4) is 0 Å². The average Bonchev–Trinajstić information content (AvgIpc) is 2.92. The molecular formula is C15H13BrN4OS. The van der Waals surface area contributed by atoms with Crippen LogP contribution in [0.2, 0.25) is 0 Å². The van der Waals surface area contributed by atoms with Crippen LogP contribution in [-0.2, 0) is 11.2 Å². The predicted octanol–water partition coefficient (Wildman–Crippen LogP) is 3.80. The molecule has 0 atom stereocenters. The van der Waals surface area contributed by atoms with Crippen LogP contribution in [0.1, 0.15) is 23.9 Å². The number of nitrogens with one attached hydrogen (secondary N) is 1. The Kier molecular flexibility index (Phi) is 5.81. The third-order valence-corrected chi connectivity index (χ3v) is 4.07. The van der Waals surface area contributed by atoms with Gasteiger partial charge in [-0.05, 0) is 30.2 Å². The fraction of sp³-hybridized carbons (Fsp3) is 0.200. The number of amides is 1. The molecule has 2 rings (SSSR count). The molecule has 0 aliphatic heterocycles. The molecule has 0 radical (unpaired) electrons. The van der Waals surface area contributed by atoms with E-state index in [1.54, 1.807) is 0 Å². The number of hydrogen-bond acceptors (Lipinski definition) is 5. The van der Waals surface area contributed by atoms with E-state index >= 15 is 0 Å². The minimum atomic E-state index is -0.485. The Morgan fingerprint density at radius 1 is 1.50 bits per heavy atom. The summed E-state index contributed by atoms with van der Waals surface area (Å²) in [5, 5.41) is 20.9. The lowest BCUT2D eigenvalue weighted by Crippen LogP contribution is -2.13. The molecule has 0 spiro atoms. The number of aryl methyl sites for hydroxylation is 1. The lowest BCUT2D eigenvalue weighted by atomic mass is 10.1. The Morgan fingerprint density at radius 2 is 2.32 bits per heavy atom. The smallest absolute Gasteiger partial charge is 0.268 e. The van der Waals surface area contributed by atoms with Gasteiger partial charge in [-0.25, -0.2) is 0 Å². The van der Waals surface area contributed by atoms with Gasteiger partial charge in [-0.2, -0.15) is 5.26 Å². The van der Waals surface area contributed by atoms with Crippen molar-refractivity contribution in [2.24, 2.45) is 0 Å². The van der Waals surface area contributed by atoms with Crippen LogP contribution in [0, 0.1) is 11.3 Å². The van der Waals surface area contributed by atoms with Gasteiger partial charge in [0.15, 0.2) is 0 Å². The van der Waals surface area contributed by atoms with Gasteiger partial charge < -0.3 is 0 Å². The number of nitrogens with zero attached hydrogens (tertiary/aromatic N) is 3. The highest BCUT2D eigenvalue weighted by molar-refractivity contribution is 9.10. The third kappa shape index (κ3) is 4.48. The molecule has 1 N–H and O–H groups in total. The summed E-state index contributed by atoms with van der Waals surface area (Å²) in [7, 11) is 0. The zero-order valence-electron chi connectivity index (χ0n) is 11.8. The van der Waals surface area contributed by atoms with E-state index in [4.69, 9.17) is 0 Å². The molecule has 1 amide bonds. The van der Waals surface area contributed by atoms with Gasteiger partial charge in [0, 0.05) is 10.9 Å². The Morgan fingerprint density at radius 3 is 3.00 bits per heavy atom. The topological polar surface area (TPSA) is 78.7 Å². The second-order valence-electron chi connectivity index (χ2n) is 4.43. The van der Waals surface area contributed by atoms with Crippen molar-refractivity contribution >= 4 is 44.4 Å². The van der Waals surface area contributed by atoms with Gasteiger partial charge in [0.25, 0.3) is 5.91 Å². The molecule has 0 bridgehead atoms. The van der Waals surface area contributed by atoms with Crippen LogP contribution in [0.25, 0.3) is 6.08 Å². The van der Waals surface area contributed by atoms with Crippen molar-refractivity contribution in [2.45, 2.75) is 19.8 Å². The summed E-state index contributed by atoms with van der Waals surface area (Å²) >= 11 is 4.68. The first-order chi connectivity index (χ1) is 10.6. The number of aromatic nitrogens is 2. The number of nitriles is 1. The fourth-order valence-electron chi connectivity index (χ4n) is 1.70. The first-order valence-corrected chi connectivity index (χ1v) is 8.24. The molecule has 0 saturated carbocycles. The zero-order chi connectivity index (χ0) is 15.9. The molecule has 1 aromatic carbocycles. The largest absolute Gasteiger partial charge is 0.296 e. The number of benzene rings is 1. The van der Waals surface area contributed by atoms with Crippen molar-refractivity contribution in [3.8, 4) is 6.07 Å². The molecule has 22 heavy (non-hydrogen) atoms. The monoisotopic (exact) mass is 376 g/mol. The lowest BCUT2D eigenvalue weighted by molar-refractivity contribution is -0.112. The number of hydrogen-bond donors (Lipinski definition) is 1. The maximum atomic E-state index is 12.1. The van der Waals surface area contributed by atoms with Crippen molar-refractivity contribution < 1.29 is 4.79 Å². The van der Waals surface area contributed by atoms with Gasteiger partial charge in [0.1, 0.15) is 16.6 Å². The van der Waals surface area contributed by atoms with Gasteiger partial charge in [-0.3, -0.25) is 10.1 Å². The number of carbonyl (C=O) groups is 1. The van der Waals surface area contributed by atoms with Crippen molar-refractivity contribution in [1.82, 2.24) is 10.2 Å². The molecule has 112 valence electrons. The summed E-state index contributed by atoms with van der Waals surface area (Å²) < 4.78 is 0.882. The maximum Gasteiger partial charge on any atom is 0.268 e. The second kappa shape index (κ2) is 7.82. The molecule has 5 nitrogen and oxygen atoms in total. The molecule has 0 aliphatic rings. The van der Waals surface area contributed by atoms with Crippen LogP contribution in [0.4, 0.5) is 5.13 Å². The number of rotatable bonds is 5. The summed E-state index contributed by atoms with van der Waals surface area (Å²) in [6, 6.07) is 9.27. The highest BCUT2D eigenvalue weighted by Crippen LogP contribution is 2.18. The molecule has 1 heterocycles. The van der Waals surface area contributed by atoms with Crippen molar-refractivity contribution in [3.05, 3.63) is 44.9 Å². The molecule has 1 aromatic heterocycles. The number of halogens is 1. The normalized spacial score (nSPS) is 11.0. The van der Waals surface area contributed by atoms with E-state index in [1.165, 1.54) is 17.4 Å². The van der Waals surface area contributed by atoms with Gasteiger partial charge >= 0.3 is 0 Å². The molecule has 0 fully saturated rings. The molecule has 2 aromatic rings. The van der Waals surface area contributed by atoms with E-state index in [0.29, 0.717) is 5.13 Å². The van der Waals surface area contributed by atoms with E-state index < -0.39 is 5.91 Å². The summed E-state index contributed by atoms with van der Waals surface area (Å²) in [5.74, 6) is -0.485. The average molecular weight is 377 g/mol. The summed E-state index contributed by atoms with van der Waals surface area (Å²) in [6.45, 7) is 2.05. The SMILES string of the molecule is CCCc1nnc(NC(=O)/C(C#N)=C\c2cccc(Br)c2)s1. The first-order valence-electron chi connectivity index (χ1n) is 6.63. The highest BCUT2D eigenvalue weighted by atomic mass is 79.9. The summed E-state index contributed by atoms with van der Waals surface area (Å²) in [4.78, 5) is 12.1. The molecule has 7 heteroatoms. The predicted molar refractivity (Wildman–Crippen MR) is 90.3 cm³/mol. The van der Waals surface area contributed by atoms with Gasteiger partial charge in [-0.1, -0.05) is 46.3 Å². The quantitative estimate of drug-likeness (QED) is 0.635. The fourth-order valence-corrected chi connectivity index (χ4v) is 2.95. The Balaban J connectivity index is 2.13. The molecule has 0 saturated heterocycles. The zero-order valence-corrected chi connectivity index (χ0v) is 14.2. The standard InChI is InChI=1S/C15H13BrN4OS/c1-2-4-13-19-20-15(22-13)18-14(21)11(9-17)7-10-5-3-6-12(16)8-10/h3,5-8H,2,4H2,1H3,(H,18,20,21)/b11-7-. The second-order valence-corrected chi connectivity index (χ2v) is 6.41. The Hall–Kier alpha value is -2.04.